The van der Waals surface area contributed by atoms with Crippen molar-refractivity contribution in [3.05, 3.63) is 23.8 Å². The molecule has 1 atom stereocenters. The van der Waals surface area contributed by atoms with Crippen LogP contribution >= 0.6 is 0 Å². The van der Waals surface area contributed by atoms with Crippen molar-refractivity contribution in [1.29, 1.82) is 0 Å². The third-order valence-corrected chi connectivity index (χ3v) is 1.80. The minimum Gasteiger partial charge on any atom is -0.313 e. The van der Waals surface area contributed by atoms with Crippen molar-refractivity contribution >= 4 is 12.2 Å². The number of carbonyl (C=O) groups is 1. The molecule has 1 unspecified atom stereocenters. The predicted octanol–water partition coefficient (Wildman–Crippen LogP) is 0.399. The molecular formula is C8H8N2O. The summed E-state index contributed by atoms with van der Waals surface area (Å²) < 4.78 is 0. The highest BCUT2D eigenvalue weighted by Crippen LogP contribution is 2.16. The third kappa shape index (κ3) is 0.981. The average molecular weight is 148 g/mol. The second-order valence-corrected chi connectivity index (χ2v) is 2.52. The Morgan fingerprint density at radius 2 is 2.55 bits per heavy atom. The van der Waals surface area contributed by atoms with Crippen molar-refractivity contribution in [2.45, 2.75) is 12.5 Å². The van der Waals surface area contributed by atoms with Crippen molar-refractivity contribution in [3.8, 4) is 0 Å². The number of fused-ring (bicyclic) bond motifs is 1. The van der Waals surface area contributed by atoms with E-state index in [1.807, 2.05) is 18.2 Å². The molecule has 0 bridgehead atoms. The molecule has 2 aliphatic rings. The summed E-state index contributed by atoms with van der Waals surface area (Å²) in [5.41, 5.74) is 0.773. The molecule has 1 aliphatic heterocycles. The van der Waals surface area contributed by atoms with E-state index in [1.54, 1.807) is 0 Å². The molecule has 0 aromatic rings. The van der Waals surface area contributed by atoms with E-state index in [-0.39, 0.29) is 11.9 Å². The zero-order chi connectivity index (χ0) is 7.68. The molecule has 3 heteroatoms. The number of rotatable bonds is 0. The fraction of sp³-hybridized carbons (Fsp3) is 0.250. The molecule has 0 saturated heterocycles. The third-order valence-electron chi connectivity index (χ3n) is 1.80. The van der Waals surface area contributed by atoms with Crippen LogP contribution in [0.4, 0.5) is 0 Å². The Kier molecular flexibility index (Phi) is 1.35. The Morgan fingerprint density at radius 1 is 1.64 bits per heavy atom. The van der Waals surface area contributed by atoms with Gasteiger partial charge in [0, 0.05) is 5.57 Å². The summed E-state index contributed by atoms with van der Waals surface area (Å²) in [5.74, 6) is -0.0191. The second kappa shape index (κ2) is 2.34. The highest BCUT2D eigenvalue weighted by molar-refractivity contribution is 6.03. The lowest BCUT2D eigenvalue weighted by atomic mass is 9.99. The van der Waals surface area contributed by atoms with Gasteiger partial charge in [-0.2, -0.15) is 0 Å². The van der Waals surface area contributed by atoms with Crippen molar-refractivity contribution in [2.75, 3.05) is 0 Å². The van der Waals surface area contributed by atoms with Crippen LogP contribution in [-0.2, 0) is 4.79 Å². The van der Waals surface area contributed by atoms with Gasteiger partial charge in [-0.25, -0.2) is 0 Å². The van der Waals surface area contributed by atoms with E-state index in [0.717, 1.165) is 12.0 Å². The van der Waals surface area contributed by atoms with Crippen LogP contribution in [0.5, 0.6) is 0 Å². The van der Waals surface area contributed by atoms with Crippen molar-refractivity contribution < 1.29 is 4.79 Å². The van der Waals surface area contributed by atoms with Gasteiger partial charge in [-0.15, -0.1) is 0 Å². The van der Waals surface area contributed by atoms with Crippen LogP contribution in [0.1, 0.15) is 6.42 Å². The van der Waals surface area contributed by atoms with Gasteiger partial charge in [0.2, 0.25) is 0 Å². The maximum atomic E-state index is 11.1. The molecule has 2 rings (SSSR count). The van der Waals surface area contributed by atoms with Crippen LogP contribution < -0.4 is 5.32 Å². The molecule has 1 N–H and O–H groups in total. The van der Waals surface area contributed by atoms with Gasteiger partial charge in [-0.3, -0.25) is 9.79 Å². The van der Waals surface area contributed by atoms with E-state index in [2.05, 4.69) is 10.3 Å². The molecule has 0 fully saturated rings. The summed E-state index contributed by atoms with van der Waals surface area (Å²) in [6.07, 6.45) is 8.18. The first-order chi connectivity index (χ1) is 5.38. The van der Waals surface area contributed by atoms with E-state index in [9.17, 15) is 4.79 Å². The van der Waals surface area contributed by atoms with Crippen molar-refractivity contribution in [2.24, 2.45) is 4.99 Å². The van der Waals surface area contributed by atoms with E-state index in [1.165, 1.54) is 6.34 Å². The standard InChI is InChI=1S/C8H8N2O/c11-8-6-3-1-2-4-7(6)9-5-10-8/h2-5,7H,1H2,(H,9,10,11). The summed E-state index contributed by atoms with van der Waals surface area (Å²) in [6.45, 7) is 0. The maximum absolute atomic E-state index is 11.1. The van der Waals surface area contributed by atoms with Crippen molar-refractivity contribution in [3.63, 3.8) is 0 Å². The minimum atomic E-state index is -0.0301. The number of hydrogen-bond donors (Lipinski definition) is 1. The Balaban J connectivity index is 2.36. The first-order valence-corrected chi connectivity index (χ1v) is 3.57. The van der Waals surface area contributed by atoms with Crippen LogP contribution in [0.15, 0.2) is 28.8 Å². The molecular weight excluding hydrogens is 140 g/mol. The first kappa shape index (κ1) is 6.34. The number of carbonyl (C=O) groups excluding carboxylic acids is 1. The van der Waals surface area contributed by atoms with Crippen LogP contribution in [-0.4, -0.2) is 18.3 Å². The molecule has 1 heterocycles. The topological polar surface area (TPSA) is 41.5 Å². The van der Waals surface area contributed by atoms with E-state index in [4.69, 9.17) is 0 Å². The van der Waals surface area contributed by atoms with Crippen LogP contribution in [0.2, 0.25) is 0 Å². The van der Waals surface area contributed by atoms with Gasteiger partial charge in [0.1, 0.15) is 0 Å². The summed E-state index contributed by atoms with van der Waals surface area (Å²) in [6, 6.07) is -0.0301. The van der Waals surface area contributed by atoms with Gasteiger partial charge in [0.05, 0.1) is 12.4 Å². The van der Waals surface area contributed by atoms with Gasteiger partial charge in [0.25, 0.3) is 5.91 Å². The number of nitrogens with zero attached hydrogens (tertiary/aromatic N) is 1. The molecule has 0 aromatic carbocycles. The Bertz CT molecular complexity index is 276. The molecule has 1 amide bonds. The average Bonchev–Trinajstić information content (AvgIpc) is 2.06. The summed E-state index contributed by atoms with van der Waals surface area (Å²) in [7, 11) is 0. The molecule has 56 valence electrons. The quantitative estimate of drug-likeness (QED) is 0.496. The number of hydrogen-bond acceptors (Lipinski definition) is 2. The minimum absolute atomic E-state index is 0.0191. The van der Waals surface area contributed by atoms with E-state index in [0.29, 0.717) is 0 Å². The predicted molar refractivity (Wildman–Crippen MR) is 42.3 cm³/mol. The molecule has 0 saturated carbocycles. The molecule has 0 radical (unpaired) electrons. The molecule has 3 nitrogen and oxygen atoms in total. The smallest absolute Gasteiger partial charge is 0.254 e. The lowest BCUT2D eigenvalue weighted by molar-refractivity contribution is -0.116. The van der Waals surface area contributed by atoms with Gasteiger partial charge in [-0.05, 0) is 6.42 Å². The van der Waals surface area contributed by atoms with Gasteiger partial charge in [0.15, 0.2) is 0 Å². The Morgan fingerprint density at radius 3 is 3.36 bits per heavy atom. The van der Waals surface area contributed by atoms with E-state index >= 15 is 0 Å². The highest BCUT2D eigenvalue weighted by Gasteiger charge is 2.21. The number of aliphatic imine (C=N–C) groups is 1. The zero-order valence-electron chi connectivity index (χ0n) is 5.95. The Hall–Kier alpha value is -1.38. The van der Waals surface area contributed by atoms with Gasteiger partial charge in [-0.1, -0.05) is 18.2 Å². The first-order valence-electron chi connectivity index (χ1n) is 3.57. The molecule has 11 heavy (non-hydrogen) atoms. The van der Waals surface area contributed by atoms with Gasteiger partial charge >= 0.3 is 0 Å². The largest absolute Gasteiger partial charge is 0.313 e. The second-order valence-electron chi connectivity index (χ2n) is 2.52. The summed E-state index contributed by atoms with van der Waals surface area (Å²) in [5, 5.41) is 2.55. The fourth-order valence-electron chi connectivity index (χ4n) is 1.24. The van der Waals surface area contributed by atoms with E-state index < -0.39 is 0 Å². The summed E-state index contributed by atoms with van der Waals surface area (Å²) in [4.78, 5) is 15.2. The molecule has 0 spiro atoms. The number of nitrogens with one attached hydrogen (secondary N) is 1. The van der Waals surface area contributed by atoms with Crippen LogP contribution in [0, 0.1) is 0 Å². The number of allylic oxidation sites excluding steroid dienone is 2. The number of amides is 1. The monoisotopic (exact) mass is 148 g/mol. The van der Waals surface area contributed by atoms with Gasteiger partial charge < -0.3 is 5.32 Å². The molecule has 1 aliphatic carbocycles. The molecule has 0 aromatic heterocycles. The highest BCUT2D eigenvalue weighted by atomic mass is 16.1. The SMILES string of the molecule is O=C1NC=NC2C=CCC=C12. The van der Waals surface area contributed by atoms with Crippen LogP contribution in [0.25, 0.3) is 0 Å². The normalized spacial score (nSPS) is 27.5. The maximum Gasteiger partial charge on any atom is 0.254 e. The van der Waals surface area contributed by atoms with Crippen LogP contribution in [0.3, 0.4) is 0 Å². The van der Waals surface area contributed by atoms with Crippen molar-refractivity contribution in [1.82, 2.24) is 5.32 Å². The Labute approximate surface area is 64.5 Å². The fourth-order valence-corrected chi connectivity index (χ4v) is 1.24. The lowest BCUT2D eigenvalue weighted by Gasteiger charge is -2.18. The lowest BCUT2D eigenvalue weighted by Crippen LogP contribution is -2.34. The zero-order valence-corrected chi connectivity index (χ0v) is 5.95. The summed E-state index contributed by atoms with van der Waals surface area (Å²) >= 11 is 0.